The van der Waals surface area contributed by atoms with Gasteiger partial charge in [0.25, 0.3) is 10.7 Å². The third kappa shape index (κ3) is 4.77. The van der Waals surface area contributed by atoms with Crippen LogP contribution in [0.3, 0.4) is 0 Å². The summed E-state index contributed by atoms with van der Waals surface area (Å²) < 4.78 is 25.9. The van der Waals surface area contributed by atoms with Gasteiger partial charge < -0.3 is 14.1 Å². The van der Waals surface area contributed by atoms with Gasteiger partial charge in [-0.1, -0.05) is 30.3 Å². The monoisotopic (exact) mass is 374 g/mol. The summed E-state index contributed by atoms with van der Waals surface area (Å²) in [5.74, 6) is 0.629. The molecule has 7 heteroatoms. The molecule has 0 fully saturated rings. The number of hydrogen-bond acceptors (Lipinski definition) is 4. The zero-order valence-corrected chi connectivity index (χ0v) is 15.5. The molecule has 0 saturated carbocycles. The third-order valence-corrected chi connectivity index (χ3v) is 4.16. The van der Waals surface area contributed by atoms with Gasteiger partial charge in [-0.3, -0.25) is 0 Å². The van der Waals surface area contributed by atoms with Gasteiger partial charge in [-0.2, -0.15) is 4.68 Å². The molecular weight excluding hydrogens is 353 g/mol. The van der Waals surface area contributed by atoms with Crippen molar-refractivity contribution in [3.63, 3.8) is 0 Å². The first-order valence-electron chi connectivity index (χ1n) is 8.36. The predicted octanol–water partition coefficient (Wildman–Crippen LogP) is 3.16. The Hall–Kier alpha value is -2.51. The van der Waals surface area contributed by atoms with Crippen molar-refractivity contribution in [3.05, 3.63) is 76.7 Å². The first-order chi connectivity index (χ1) is 12.5. The molecule has 0 aliphatic rings. The van der Waals surface area contributed by atoms with Crippen molar-refractivity contribution < 1.29 is 18.4 Å². The molecule has 3 aromatic rings. The van der Waals surface area contributed by atoms with Crippen LogP contribution in [0.15, 0.2) is 59.0 Å². The molecule has 0 bridgehead atoms. The molecule has 3 rings (SSSR count). The predicted molar refractivity (Wildman–Crippen MR) is 97.8 cm³/mol. The minimum absolute atomic E-state index is 0.307. The average Bonchev–Trinajstić information content (AvgIpc) is 2.98. The number of quaternary nitrogens is 1. The Labute approximate surface area is 156 Å². The van der Waals surface area contributed by atoms with E-state index in [0.29, 0.717) is 23.1 Å². The molecule has 1 heterocycles. The Morgan fingerprint density at radius 3 is 2.58 bits per heavy atom. The second-order valence-electron chi connectivity index (χ2n) is 6.20. The lowest BCUT2D eigenvalue weighted by Gasteiger charge is -2.13. The SMILES string of the molecule is C[C@H](Oc1ccc(F)cc1)c1nn(C[NH+](C)Cc2ccccc2)c(=S)o1. The van der Waals surface area contributed by atoms with E-state index in [-0.39, 0.29) is 5.82 Å². The summed E-state index contributed by atoms with van der Waals surface area (Å²) in [5.41, 5.74) is 1.24. The molecule has 2 aromatic carbocycles. The minimum atomic E-state index is -0.433. The van der Waals surface area contributed by atoms with E-state index >= 15 is 0 Å². The van der Waals surface area contributed by atoms with Crippen LogP contribution in [-0.2, 0) is 13.2 Å². The Bertz CT molecular complexity index is 893. The zero-order valence-electron chi connectivity index (χ0n) is 14.7. The molecule has 1 N–H and O–H groups in total. The van der Waals surface area contributed by atoms with Gasteiger partial charge in [-0.25, -0.2) is 4.39 Å². The van der Waals surface area contributed by atoms with Crippen LogP contribution in [-0.4, -0.2) is 16.8 Å². The van der Waals surface area contributed by atoms with E-state index in [1.807, 2.05) is 25.1 Å². The van der Waals surface area contributed by atoms with Crippen molar-refractivity contribution in [2.75, 3.05) is 7.05 Å². The molecule has 0 radical (unpaired) electrons. The Kier molecular flexibility index (Phi) is 5.80. The normalized spacial score (nSPS) is 13.3. The van der Waals surface area contributed by atoms with Crippen molar-refractivity contribution in [1.29, 1.82) is 0 Å². The third-order valence-electron chi connectivity index (χ3n) is 3.86. The molecule has 0 aliphatic heterocycles. The number of benzene rings is 2. The van der Waals surface area contributed by atoms with Crippen LogP contribution in [0.25, 0.3) is 0 Å². The van der Waals surface area contributed by atoms with Crippen LogP contribution in [0.5, 0.6) is 5.75 Å². The molecule has 0 saturated heterocycles. The van der Waals surface area contributed by atoms with Crippen molar-refractivity contribution in [1.82, 2.24) is 9.78 Å². The fourth-order valence-corrected chi connectivity index (χ4v) is 2.80. The lowest BCUT2D eigenvalue weighted by atomic mass is 10.2. The highest BCUT2D eigenvalue weighted by Gasteiger charge is 2.17. The number of halogens is 1. The van der Waals surface area contributed by atoms with Crippen LogP contribution in [0.1, 0.15) is 24.5 Å². The maximum Gasteiger partial charge on any atom is 0.292 e. The van der Waals surface area contributed by atoms with Gasteiger partial charge in [0.2, 0.25) is 0 Å². The molecule has 0 amide bonds. The number of aromatic nitrogens is 2. The van der Waals surface area contributed by atoms with Crippen LogP contribution in [0.2, 0.25) is 0 Å². The summed E-state index contributed by atoms with van der Waals surface area (Å²) in [7, 11) is 2.07. The van der Waals surface area contributed by atoms with E-state index in [0.717, 1.165) is 6.54 Å². The summed E-state index contributed by atoms with van der Waals surface area (Å²) in [6.07, 6.45) is -0.433. The van der Waals surface area contributed by atoms with Crippen molar-refractivity contribution >= 4 is 12.2 Å². The molecule has 26 heavy (non-hydrogen) atoms. The number of ether oxygens (including phenoxy) is 1. The van der Waals surface area contributed by atoms with Crippen molar-refractivity contribution in [3.8, 4) is 5.75 Å². The van der Waals surface area contributed by atoms with E-state index < -0.39 is 6.10 Å². The first kappa shape index (κ1) is 18.3. The summed E-state index contributed by atoms with van der Waals surface area (Å²) >= 11 is 5.27. The van der Waals surface area contributed by atoms with E-state index in [1.54, 1.807) is 16.8 Å². The van der Waals surface area contributed by atoms with Gasteiger partial charge in [0, 0.05) is 5.56 Å². The molecule has 5 nitrogen and oxygen atoms in total. The summed E-state index contributed by atoms with van der Waals surface area (Å²) in [6.45, 7) is 3.25. The molecule has 0 aliphatic carbocycles. The van der Waals surface area contributed by atoms with E-state index in [2.05, 4.69) is 24.3 Å². The Morgan fingerprint density at radius 1 is 1.19 bits per heavy atom. The standard InChI is InChI=1S/C19H20FN3O2S/c1-14(24-17-10-8-16(20)9-11-17)18-21-23(19(26)25-18)13-22(2)12-15-6-4-3-5-7-15/h3-11,14H,12-13H2,1-2H3/p+1/t14-/m0/s1. The largest absolute Gasteiger partial charge is 0.481 e. The van der Waals surface area contributed by atoms with Gasteiger partial charge >= 0.3 is 0 Å². The van der Waals surface area contributed by atoms with Gasteiger partial charge in [0.1, 0.15) is 18.1 Å². The highest BCUT2D eigenvalue weighted by atomic mass is 32.1. The molecule has 0 spiro atoms. The highest BCUT2D eigenvalue weighted by molar-refractivity contribution is 7.71. The smallest absolute Gasteiger partial charge is 0.292 e. The Balaban J connectivity index is 1.64. The minimum Gasteiger partial charge on any atom is -0.481 e. The number of rotatable bonds is 7. The van der Waals surface area contributed by atoms with E-state index in [1.165, 1.54) is 22.6 Å². The molecule has 1 aromatic heterocycles. The molecule has 136 valence electrons. The zero-order chi connectivity index (χ0) is 18.5. The Morgan fingerprint density at radius 2 is 1.88 bits per heavy atom. The van der Waals surface area contributed by atoms with Crippen LogP contribution in [0, 0.1) is 10.7 Å². The summed E-state index contributed by atoms with van der Waals surface area (Å²) in [6, 6.07) is 16.1. The maximum atomic E-state index is 13.0. The lowest BCUT2D eigenvalue weighted by molar-refractivity contribution is -0.917. The molecule has 1 unspecified atom stereocenters. The fourth-order valence-electron chi connectivity index (χ4n) is 2.61. The average molecular weight is 374 g/mol. The topological polar surface area (TPSA) is 44.6 Å². The second kappa shape index (κ2) is 8.25. The number of hydrogen-bond donors (Lipinski definition) is 1. The first-order valence-corrected chi connectivity index (χ1v) is 8.77. The summed E-state index contributed by atoms with van der Waals surface area (Å²) in [4.78, 5) is 1.53. The van der Waals surface area contributed by atoms with Crippen molar-refractivity contribution in [2.24, 2.45) is 0 Å². The van der Waals surface area contributed by atoms with Gasteiger partial charge in [0.15, 0.2) is 12.8 Å². The van der Waals surface area contributed by atoms with Gasteiger partial charge in [-0.15, -0.1) is 5.10 Å². The van der Waals surface area contributed by atoms with Crippen LogP contribution in [0.4, 0.5) is 4.39 Å². The maximum absolute atomic E-state index is 13.0. The van der Waals surface area contributed by atoms with Gasteiger partial charge in [0.05, 0.1) is 7.05 Å². The molecular formula is C19H21FN3O2S+. The van der Waals surface area contributed by atoms with Gasteiger partial charge in [-0.05, 0) is 43.4 Å². The van der Waals surface area contributed by atoms with Crippen LogP contribution >= 0.6 is 12.2 Å². The second-order valence-corrected chi connectivity index (χ2v) is 6.55. The quantitative estimate of drug-likeness (QED) is 0.646. The number of nitrogens with one attached hydrogen (secondary N) is 1. The highest BCUT2D eigenvalue weighted by Crippen LogP contribution is 2.20. The van der Waals surface area contributed by atoms with Crippen LogP contribution < -0.4 is 9.64 Å². The van der Waals surface area contributed by atoms with E-state index in [4.69, 9.17) is 21.4 Å². The summed E-state index contributed by atoms with van der Waals surface area (Å²) in [5, 5.41) is 4.43. The lowest BCUT2D eigenvalue weighted by Crippen LogP contribution is -3.07. The molecule has 2 atom stereocenters. The number of nitrogens with zero attached hydrogens (tertiary/aromatic N) is 2. The fraction of sp³-hybridized carbons (Fsp3) is 0.263. The van der Waals surface area contributed by atoms with E-state index in [9.17, 15) is 4.39 Å². The van der Waals surface area contributed by atoms with Crippen molar-refractivity contribution in [2.45, 2.75) is 26.2 Å².